The van der Waals surface area contributed by atoms with E-state index in [4.69, 9.17) is 0 Å². The maximum Gasteiger partial charge on any atom is 0.258 e. The highest BCUT2D eigenvalue weighted by atomic mass is 79.9. The minimum absolute atomic E-state index is 0.0904. The number of aromatic hydroxyl groups is 1. The fraction of sp³-hybridized carbons (Fsp3) is 0.385. The van der Waals surface area contributed by atoms with Gasteiger partial charge in [0.2, 0.25) is 5.91 Å². The molecule has 0 aliphatic carbocycles. The van der Waals surface area contributed by atoms with Gasteiger partial charge in [-0.15, -0.1) is 0 Å². The summed E-state index contributed by atoms with van der Waals surface area (Å²) >= 11 is 3.27. The average Bonchev–Trinajstić information content (AvgIpc) is 2.48. The Balaban J connectivity index is 2.30. The number of piperazine rings is 1. The van der Waals surface area contributed by atoms with Gasteiger partial charge in [-0.25, -0.2) is 0 Å². The topological polar surface area (TPSA) is 81.7 Å². The molecule has 1 atom stereocenters. The first kappa shape index (κ1) is 14.8. The molecule has 0 saturated carbocycles. The van der Waals surface area contributed by atoms with Crippen LogP contribution in [0.25, 0.3) is 0 Å². The zero-order valence-electron chi connectivity index (χ0n) is 11.0. The van der Waals surface area contributed by atoms with Crippen LogP contribution in [0.4, 0.5) is 0 Å². The Kier molecular flexibility index (Phi) is 4.61. The average molecular weight is 342 g/mol. The number of nitrogens with zero attached hydrogens (tertiary/aromatic N) is 1. The van der Waals surface area contributed by atoms with Crippen LogP contribution in [-0.4, -0.2) is 54.5 Å². The van der Waals surface area contributed by atoms with Crippen LogP contribution in [0.5, 0.6) is 5.75 Å². The van der Waals surface area contributed by atoms with Crippen LogP contribution in [0.3, 0.4) is 0 Å². The van der Waals surface area contributed by atoms with Crippen molar-refractivity contribution in [3.8, 4) is 5.75 Å². The molecule has 1 unspecified atom stereocenters. The summed E-state index contributed by atoms with van der Waals surface area (Å²) in [6.45, 7) is 1.44. The van der Waals surface area contributed by atoms with Gasteiger partial charge in [0.15, 0.2) is 0 Å². The molecule has 0 bridgehead atoms. The number of amides is 2. The van der Waals surface area contributed by atoms with Crippen molar-refractivity contribution in [1.82, 2.24) is 15.5 Å². The highest BCUT2D eigenvalue weighted by Crippen LogP contribution is 2.24. The van der Waals surface area contributed by atoms with E-state index < -0.39 is 6.04 Å². The smallest absolute Gasteiger partial charge is 0.258 e. The highest BCUT2D eigenvalue weighted by molar-refractivity contribution is 9.10. The number of hydrogen-bond donors (Lipinski definition) is 3. The number of hydrogen-bond acceptors (Lipinski definition) is 4. The lowest BCUT2D eigenvalue weighted by Gasteiger charge is -2.35. The van der Waals surface area contributed by atoms with Gasteiger partial charge in [0.25, 0.3) is 5.91 Å². The molecule has 0 aromatic heterocycles. The lowest BCUT2D eigenvalue weighted by molar-refractivity contribution is -0.125. The van der Waals surface area contributed by atoms with Crippen LogP contribution in [0.15, 0.2) is 22.7 Å². The lowest BCUT2D eigenvalue weighted by Crippen LogP contribution is -2.59. The van der Waals surface area contributed by atoms with E-state index in [-0.39, 0.29) is 23.1 Å². The largest absolute Gasteiger partial charge is 0.507 e. The Morgan fingerprint density at radius 1 is 1.50 bits per heavy atom. The fourth-order valence-electron chi connectivity index (χ4n) is 2.18. The molecule has 1 saturated heterocycles. The maximum atomic E-state index is 12.5. The summed E-state index contributed by atoms with van der Waals surface area (Å²) in [6, 6.07) is 4.09. The van der Waals surface area contributed by atoms with Crippen molar-refractivity contribution < 1.29 is 14.7 Å². The summed E-state index contributed by atoms with van der Waals surface area (Å²) in [6.07, 6.45) is 0. The maximum absolute atomic E-state index is 12.5. The molecule has 1 aromatic carbocycles. The van der Waals surface area contributed by atoms with Gasteiger partial charge in [0.05, 0.1) is 5.56 Å². The summed E-state index contributed by atoms with van der Waals surface area (Å²) in [5, 5.41) is 15.5. The SMILES string of the molecule is CNC(=O)C1CNCCN1C(=O)c1cc(Br)ccc1O. The second-order valence-electron chi connectivity index (χ2n) is 4.49. The first-order valence-electron chi connectivity index (χ1n) is 6.26. The third kappa shape index (κ3) is 2.94. The summed E-state index contributed by atoms with van der Waals surface area (Å²) in [4.78, 5) is 25.9. The molecule has 7 heteroatoms. The van der Waals surface area contributed by atoms with Gasteiger partial charge in [0, 0.05) is 31.2 Å². The zero-order valence-corrected chi connectivity index (χ0v) is 12.6. The van der Waals surface area contributed by atoms with Crippen LogP contribution in [0, 0.1) is 0 Å². The van der Waals surface area contributed by atoms with Crippen LogP contribution >= 0.6 is 15.9 Å². The first-order chi connectivity index (χ1) is 9.54. The summed E-state index contributed by atoms with van der Waals surface area (Å²) in [5.41, 5.74) is 0.190. The van der Waals surface area contributed by atoms with E-state index in [0.29, 0.717) is 24.1 Å². The number of carbonyl (C=O) groups excluding carboxylic acids is 2. The Morgan fingerprint density at radius 2 is 2.25 bits per heavy atom. The summed E-state index contributed by atoms with van der Waals surface area (Å²) in [7, 11) is 1.54. The third-order valence-electron chi connectivity index (χ3n) is 3.24. The van der Waals surface area contributed by atoms with E-state index in [1.54, 1.807) is 12.1 Å². The van der Waals surface area contributed by atoms with Crippen molar-refractivity contribution in [2.75, 3.05) is 26.7 Å². The van der Waals surface area contributed by atoms with E-state index in [1.165, 1.54) is 18.0 Å². The van der Waals surface area contributed by atoms with E-state index in [9.17, 15) is 14.7 Å². The third-order valence-corrected chi connectivity index (χ3v) is 3.74. The molecule has 1 aromatic rings. The number of benzene rings is 1. The number of nitrogens with one attached hydrogen (secondary N) is 2. The number of likely N-dealkylation sites (N-methyl/N-ethyl adjacent to an activating group) is 1. The van der Waals surface area contributed by atoms with Crippen molar-refractivity contribution in [3.05, 3.63) is 28.2 Å². The predicted molar refractivity (Wildman–Crippen MR) is 77.6 cm³/mol. The molecule has 108 valence electrons. The van der Waals surface area contributed by atoms with Gasteiger partial charge in [-0.3, -0.25) is 9.59 Å². The molecular formula is C13H16BrN3O3. The highest BCUT2D eigenvalue weighted by Gasteiger charge is 2.33. The molecule has 3 N–H and O–H groups in total. The van der Waals surface area contributed by atoms with Crippen molar-refractivity contribution in [1.29, 1.82) is 0 Å². The predicted octanol–water partition coefficient (Wildman–Crippen LogP) is 0.315. The van der Waals surface area contributed by atoms with Crippen LogP contribution in [0.2, 0.25) is 0 Å². The quantitative estimate of drug-likeness (QED) is 0.723. The molecule has 1 aliphatic rings. The van der Waals surface area contributed by atoms with E-state index in [0.717, 1.165) is 0 Å². The van der Waals surface area contributed by atoms with Gasteiger partial charge < -0.3 is 20.6 Å². The van der Waals surface area contributed by atoms with Gasteiger partial charge in [-0.05, 0) is 18.2 Å². The number of phenolic OH excluding ortho intramolecular Hbond substituents is 1. The molecule has 1 fully saturated rings. The van der Waals surface area contributed by atoms with Crippen LogP contribution in [-0.2, 0) is 4.79 Å². The monoisotopic (exact) mass is 341 g/mol. The molecule has 0 radical (unpaired) electrons. The normalized spacial score (nSPS) is 18.7. The Labute approximate surface area is 125 Å². The van der Waals surface area contributed by atoms with E-state index in [1.807, 2.05) is 0 Å². The van der Waals surface area contributed by atoms with Crippen molar-refractivity contribution in [3.63, 3.8) is 0 Å². The number of phenols is 1. The molecule has 2 amide bonds. The Morgan fingerprint density at radius 3 is 2.95 bits per heavy atom. The zero-order chi connectivity index (χ0) is 14.7. The minimum Gasteiger partial charge on any atom is -0.507 e. The number of halogens is 1. The van der Waals surface area contributed by atoms with Gasteiger partial charge in [-0.2, -0.15) is 0 Å². The van der Waals surface area contributed by atoms with Crippen LogP contribution < -0.4 is 10.6 Å². The van der Waals surface area contributed by atoms with Crippen LogP contribution in [0.1, 0.15) is 10.4 Å². The Hall–Kier alpha value is -1.60. The molecule has 1 aliphatic heterocycles. The molecule has 2 rings (SSSR count). The molecule has 1 heterocycles. The molecule has 6 nitrogen and oxygen atoms in total. The molecule has 0 spiro atoms. The number of carbonyl (C=O) groups is 2. The van der Waals surface area contributed by atoms with Gasteiger partial charge in [0.1, 0.15) is 11.8 Å². The Bertz CT molecular complexity index is 536. The first-order valence-corrected chi connectivity index (χ1v) is 7.05. The van der Waals surface area contributed by atoms with Crippen molar-refractivity contribution in [2.24, 2.45) is 0 Å². The van der Waals surface area contributed by atoms with Crippen molar-refractivity contribution in [2.45, 2.75) is 6.04 Å². The fourth-order valence-corrected chi connectivity index (χ4v) is 2.54. The van der Waals surface area contributed by atoms with Gasteiger partial charge >= 0.3 is 0 Å². The van der Waals surface area contributed by atoms with E-state index in [2.05, 4.69) is 26.6 Å². The summed E-state index contributed by atoms with van der Waals surface area (Å²) in [5.74, 6) is -0.661. The van der Waals surface area contributed by atoms with Gasteiger partial charge in [-0.1, -0.05) is 15.9 Å². The molecule has 20 heavy (non-hydrogen) atoms. The second-order valence-corrected chi connectivity index (χ2v) is 5.41. The number of rotatable bonds is 2. The standard InChI is InChI=1S/C13H16BrN3O3/c1-15-12(19)10-7-16-4-5-17(10)13(20)9-6-8(14)2-3-11(9)18/h2-3,6,10,16,18H,4-5,7H2,1H3,(H,15,19). The molecular weight excluding hydrogens is 326 g/mol. The minimum atomic E-state index is -0.570. The van der Waals surface area contributed by atoms with Crippen molar-refractivity contribution >= 4 is 27.7 Å². The lowest BCUT2D eigenvalue weighted by atomic mass is 10.1. The second kappa shape index (κ2) is 6.23. The van der Waals surface area contributed by atoms with E-state index >= 15 is 0 Å². The summed E-state index contributed by atoms with van der Waals surface area (Å²) < 4.78 is 0.699.